The molecule has 0 aliphatic heterocycles. The molecule has 0 saturated carbocycles. The van der Waals surface area contributed by atoms with Crippen LogP contribution in [0.15, 0.2) is 60.9 Å². The van der Waals surface area contributed by atoms with Crippen molar-refractivity contribution in [2.75, 3.05) is 12.4 Å². The molecule has 3 aromatic rings. The van der Waals surface area contributed by atoms with E-state index in [4.69, 9.17) is 4.74 Å². The summed E-state index contributed by atoms with van der Waals surface area (Å²) in [6.45, 7) is -2.76. The van der Waals surface area contributed by atoms with Crippen LogP contribution in [0.5, 0.6) is 11.5 Å². The van der Waals surface area contributed by atoms with Gasteiger partial charge in [-0.2, -0.15) is 8.78 Å². The van der Waals surface area contributed by atoms with Gasteiger partial charge in [-0.1, -0.05) is 12.1 Å². The summed E-state index contributed by atoms with van der Waals surface area (Å²) in [6, 6.07) is 13.1. The number of nitrogens with zero attached hydrogens (tertiary/aromatic N) is 2. The van der Waals surface area contributed by atoms with E-state index in [0.717, 1.165) is 0 Å². The van der Waals surface area contributed by atoms with Gasteiger partial charge in [0.2, 0.25) is 5.95 Å². The van der Waals surface area contributed by atoms with Gasteiger partial charge in [-0.05, 0) is 42.0 Å². The van der Waals surface area contributed by atoms with Crippen molar-refractivity contribution in [3.63, 3.8) is 0 Å². The number of carbonyl (C=O) groups excluding carboxylic acids is 1. The predicted octanol–water partition coefficient (Wildman–Crippen LogP) is 3.76. The zero-order chi connectivity index (χ0) is 20.6. The van der Waals surface area contributed by atoms with Crippen molar-refractivity contribution >= 4 is 17.5 Å². The second-order valence-corrected chi connectivity index (χ2v) is 5.82. The van der Waals surface area contributed by atoms with Crippen molar-refractivity contribution in [1.82, 2.24) is 15.3 Å². The number of carbonyl (C=O) groups is 1. The van der Waals surface area contributed by atoms with Crippen LogP contribution < -0.4 is 20.1 Å². The number of aromatic nitrogens is 2. The van der Waals surface area contributed by atoms with E-state index in [0.29, 0.717) is 22.8 Å². The minimum atomic E-state index is -2.95. The molecular weight excluding hydrogens is 382 g/mol. The number of ether oxygens (including phenoxy) is 2. The number of hydrogen-bond acceptors (Lipinski definition) is 6. The Hall–Kier alpha value is -3.75. The van der Waals surface area contributed by atoms with Crippen LogP contribution in [-0.4, -0.2) is 29.6 Å². The highest BCUT2D eigenvalue weighted by molar-refractivity contribution is 5.95. The van der Waals surface area contributed by atoms with E-state index < -0.39 is 6.61 Å². The van der Waals surface area contributed by atoms with Crippen LogP contribution in [0.4, 0.5) is 20.4 Å². The summed E-state index contributed by atoms with van der Waals surface area (Å²) in [7, 11) is 1.35. The molecule has 2 aromatic carbocycles. The summed E-state index contributed by atoms with van der Waals surface area (Å²) in [5.74, 6) is 0.211. The van der Waals surface area contributed by atoms with Crippen LogP contribution in [0.1, 0.15) is 15.9 Å². The van der Waals surface area contributed by atoms with Gasteiger partial charge in [0, 0.05) is 30.2 Å². The van der Waals surface area contributed by atoms with Gasteiger partial charge in [0.25, 0.3) is 5.91 Å². The maximum atomic E-state index is 12.5. The number of halogens is 2. The molecule has 1 heterocycles. The molecule has 0 aliphatic carbocycles. The fourth-order valence-electron chi connectivity index (χ4n) is 2.53. The van der Waals surface area contributed by atoms with E-state index in [1.807, 2.05) is 0 Å². The van der Waals surface area contributed by atoms with Crippen molar-refractivity contribution < 1.29 is 23.0 Å². The van der Waals surface area contributed by atoms with Crippen molar-refractivity contribution in [2.45, 2.75) is 13.2 Å². The van der Waals surface area contributed by atoms with Crippen molar-refractivity contribution in [1.29, 1.82) is 0 Å². The first kappa shape index (κ1) is 20.0. The Labute approximate surface area is 165 Å². The maximum absolute atomic E-state index is 12.5. The lowest BCUT2D eigenvalue weighted by atomic mass is 10.1. The fourth-order valence-corrected chi connectivity index (χ4v) is 2.53. The molecule has 0 saturated heterocycles. The number of amides is 1. The lowest BCUT2D eigenvalue weighted by Gasteiger charge is -2.12. The van der Waals surface area contributed by atoms with Gasteiger partial charge in [0.05, 0.1) is 7.11 Å². The van der Waals surface area contributed by atoms with Crippen LogP contribution in [0.3, 0.4) is 0 Å². The van der Waals surface area contributed by atoms with E-state index in [1.54, 1.807) is 48.8 Å². The van der Waals surface area contributed by atoms with Gasteiger partial charge >= 0.3 is 6.61 Å². The molecule has 0 aliphatic rings. The average Bonchev–Trinajstić information content (AvgIpc) is 2.73. The first-order valence-corrected chi connectivity index (χ1v) is 8.59. The number of hydrogen-bond donors (Lipinski definition) is 2. The Morgan fingerprint density at radius 1 is 1.07 bits per heavy atom. The quantitative estimate of drug-likeness (QED) is 0.599. The molecule has 9 heteroatoms. The summed E-state index contributed by atoms with van der Waals surface area (Å²) in [5.41, 5.74) is 1.78. The van der Waals surface area contributed by atoms with E-state index in [9.17, 15) is 13.6 Å². The SMILES string of the molecule is COc1cc(CNC(=O)c2cccc(Nc3ncccn3)c2)ccc1OC(F)F. The third-order valence-corrected chi connectivity index (χ3v) is 3.84. The Balaban J connectivity index is 1.64. The minimum absolute atomic E-state index is 0.0699. The molecule has 7 nitrogen and oxygen atoms in total. The molecule has 0 atom stereocenters. The first-order valence-electron chi connectivity index (χ1n) is 8.59. The van der Waals surface area contributed by atoms with E-state index in [1.165, 1.54) is 19.2 Å². The molecule has 0 fully saturated rings. The van der Waals surface area contributed by atoms with Crippen LogP contribution in [-0.2, 0) is 6.54 Å². The number of methoxy groups -OCH3 is 1. The van der Waals surface area contributed by atoms with Gasteiger partial charge in [-0.25, -0.2) is 9.97 Å². The summed E-state index contributed by atoms with van der Waals surface area (Å²) >= 11 is 0. The molecule has 0 spiro atoms. The smallest absolute Gasteiger partial charge is 0.387 e. The van der Waals surface area contributed by atoms with Crippen LogP contribution >= 0.6 is 0 Å². The molecule has 0 radical (unpaired) electrons. The number of alkyl halides is 2. The third kappa shape index (κ3) is 5.61. The van der Waals surface area contributed by atoms with E-state index in [-0.39, 0.29) is 24.0 Å². The summed E-state index contributed by atoms with van der Waals surface area (Å²) < 4.78 is 34.2. The number of rotatable bonds is 8. The third-order valence-electron chi connectivity index (χ3n) is 3.84. The van der Waals surface area contributed by atoms with Crippen LogP contribution in [0, 0.1) is 0 Å². The summed E-state index contributed by atoms with van der Waals surface area (Å²) in [5, 5.41) is 5.79. The number of anilines is 2. The molecular formula is C20H18F2N4O3. The zero-order valence-electron chi connectivity index (χ0n) is 15.4. The zero-order valence-corrected chi connectivity index (χ0v) is 15.4. The Bertz CT molecular complexity index is 971. The maximum Gasteiger partial charge on any atom is 0.387 e. The normalized spacial score (nSPS) is 10.5. The van der Waals surface area contributed by atoms with Crippen molar-refractivity contribution in [3.8, 4) is 11.5 Å². The lowest BCUT2D eigenvalue weighted by Crippen LogP contribution is -2.22. The monoisotopic (exact) mass is 400 g/mol. The lowest BCUT2D eigenvalue weighted by molar-refractivity contribution is -0.0512. The van der Waals surface area contributed by atoms with Crippen LogP contribution in [0.25, 0.3) is 0 Å². The molecule has 29 heavy (non-hydrogen) atoms. The van der Waals surface area contributed by atoms with Crippen LogP contribution in [0.2, 0.25) is 0 Å². The second kappa shape index (κ2) is 9.45. The van der Waals surface area contributed by atoms with Gasteiger partial charge in [0.1, 0.15) is 0 Å². The van der Waals surface area contributed by atoms with Gasteiger partial charge in [-0.3, -0.25) is 4.79 Å². The highest BCUT2D eigenvalue weighted by Crippen LogP contribution is 2.29. The Morgan fingerprint density at radius 3 is 2.59 bits per heavy atom. The standard InChI is InChI=1S/C20H18F2N4O3/c1-28-17-10-13(6-7-16(17)29-19(21)22)12-25-18(27)14-4-2-5-15(11-14)26-20-23-8-3-9-24-20/h2-11,19H,12H2,1H3,(H,25,27)(H,23,24,26). The molecule has 150 valence electrons. The van der Waals surface area contributed by atoms with Gasteiger partial charge in [0.15, 0.2) is 11.5 Å². The molecule has 2 N–H and O–H groups in total. The molecule has 1 amide bonds. The first-order chi connectivity index (χ1) is 14.0. The molecule has 0 unspecified atom stereocenters. The van der Waals surface area contributed by atoms with E-state index >= 15 is 0 Å². The number of benzene rings is 2. The van der Waals surface area contributed by atoms with Gasteiger partial charge < -0.3 is 20.1 Å². The number of nitrogens with one attached hydrogen (secondary N) is 2. The highest BCUT2D eigenvalue weighted by Gasteiger charge is 2.12. The van der Waals surface area contributed by atoms with Crippen molar-refractivity contribution in [3.05, 3.63) is 72.1 Å². The second-order valence-electron chi connectivity index (χ2n) is 5.82. The van der Waals surface area contributed by atoms with E-state index in [2.05, 4.69) is 25.3 Å². The van der Waals surface area contributed by atoms with Gasteiger partial charge in [-0.15, -0.1) is 0 Å². The molecule has 3 rings (SSSR count). The molecule has 0 bridgehead atoms. The molecule has 1 aromatic heterocycles. The van der Waals surface area contributed by atoms with Crippen molar-refractivity contribution in [2.24, 2.45) is 0 Å². The fraction of sp³-hybridized carbons (Fsp3) is 0.150. The Morgan fingerprint density at radius 2 is 1.86 bits per heavy atom. The average molecular weight is 400 g/mol. The largest absolute Gasteiger partial charge is 0.493 e. The predicted molar refractivity (Wildman–Crippen MR) is 103 cm³/mol. The Kier molecular flexibility index (Phi) is 6.51. The summed E-state index contributed by atoms with van der Waals surface area (Å²) in [6.07, 6.45) is 3.22. The topological polar surface area (TPSA) is 85.4 Å². The highest BCUT2D eigenvalue weighted by atomic mass is 19.3. The minimum Gasteiger partial charge on any atom is -0.493 e. The summed E-state index contributed by atoms with van der Waals surface area (Å²) in [4.78, 5) is 20.6.